The highest BCUT2D eigenvalue weighted by molar-refractivity contribution is 7.13. The number of halogens is 1. The summed E-state index contributed by atoms with van der Waals surface area (Å²) in [7, 11) is 1.61. The lowest BCUT2D eigenvalue weighted by molar-refractivity contribution is -0.122. The zero-order valence-electron chi connectivity index (χ0n) is 18.1. The van der Waals surface area contributed by atoms with Crippen LogP contribution in [0.2, 0.25) is 0 Å². The molecule has 2 aromatic carbocycles. The SMILES string of the molecule is COc1ccc(C(C)C(=O)NCc2csc(NC(=O)NCc3cccc(F)c3)n2)cc1C. The summed E-state index contributed by atoms with van der Waals surface area (Å²) >= 11 is 1.26. The van der Waals surface area contributed by atoms with Crippen molar-refractivity contribution in [2.75, 3.05) is 12.4 Å². The fraction of sp³-hybridized carbons (Fsp3) is 0.261. The van der Waals surface area contributed by atoms with Gasteiger partial charge in [-0.25, -0.2) is 14.2 Å². The van der Waals surface area contributed by atoms with E-state index in [1.165, 1.54) is 23.5 Å². The number of thiazole rings is 1. The maximum Gasteiger partial charge on any atom is 0.321 e. The number of hydrogen-bond donors (Lipinski definition) is 3. The molecule has 9 heteroatoms. The van der Waals surface area contributed by atoms with Crippen molar-refractivity contribution in [2.24, 2.45) is 0 Å². The average molecular weight is 457 g/mol. The van der Waals surface area contributed by atoms with Crippen molar-refractivity contribution >= 4 is 28.4 Å². The Morgan fingerprint density at radius 1 is 1.16 bits per heavy atom. The summed E-state index contributed by atoms with van der Waals surface area (Å²) in [6.07, 6.45) is 0. The van der Waals surface area contributed by atoms with Crippen LogP contribution in [-0.4, -0.2) is 24.0 Å². The summed E-state index contributed by atoms with van der Waals surface area (Å²) in [5, 5.41) is 10.3. The van der Waals surface area contributed by atoms with E-state index in [9.17, 15) is 14.0 Å². The third-order valence-electron chi connectivity index (χ3n) is 4.87. The maximum absolute atomic E-state index is 13.2. The van der Waals surface area contributed by atoms with Crippen molar-refractivity contribution in [3.63, 3.8) is 0 Å². The van der Waals surface area contributed by atoms with Crippen molar-refractivity contribution in [3.05, 3.63) is 76.0 Å². The molecule has 3 rings (SSSR count). The zero-order valence-corrected chi connectivity index (χ0v) is 18.9. The van der Waals surface area contributed by atoms with Gasteiger partial charge in [0.15, 0.2) is 5.13 Å². The number of benzene rings is 2. The van der Waals surface area contributed by atoms with Crippen molar-refractivity contribution in [2.45, 2.75) is 32.9 Å². The van der Waals surface area contributed by atoms with E-state index in [0.717, 1.165) is 16.9 Å². The van der Waals surface area contributed by atoms with Gasteiger partial charge in [-0.05, 0) is 48.7 Å². The highest BCUT2D eigenvalue weighted by Gasteiger charge is 2.16. The summed E-state index contributed by atoms with van der Waals surface area (Å²) in [4.78, 5) is 28.9. The molecule has 0 aliphatic heterocycles. The summed E-state index contributed by atoms with van der Waals surface area (Å²) in [6, 6.07) is 11.2. The smallest absolute Gasteiger partial charge is 0.321 e. The lowest BCUT2D eigenvalue weighted by Gasteiger charge is -2.14. The Labute approximate surface area is 190 Å². The fourth-order valence-corrected chi connectivity index (χ4v) is 3.77. The summed E-state index contributed by atoms with van der Waals surface area (Å²) in [5.74, 6) is -0.0223. The number of urea groups is 1. The Bertz CT molecular complexity index is 1100. The van der Waals surface area contributed by atoms with Crippen molar-refractivity contribution in [1.82, 2.24) is 15.6 Å². The number of carbonyl (C=O) groups excluding carboxylic acids is 2. The first-order valence-corrected chi connectivity index (χ1v) is 10.9. The molecule has 0 saturated carbocycles. The summed E-state index contributed by atoms with van der Waals surface area (Å²) < 4.78 is 18.5. The number of aromatic nitrogens is 1. The Balaban J connectivity index is 1.47. The number of nitrogens with one attached hydrogen (secondary N) is 3. The average Bonchev–Trinajstić information content (AvgIpc) is 3.22. The van der Waals surface area contributed by atoms with Gasteiger partial charge < -0.3 is 15.4 Å². The molecule has 1 unspecified atom stereocenters. The quantitative estimate of drug-likeness (QED) is 0.470. The second-order valence-electron chi connectivity index (χ2n) is 7.25. The first-order chi connectivity index (χ1) is 15.4. The summed E-state index contributed by atoms with van der Waals surface area (Å²) in [6.45, 7) is 4.22. The Morgan fingerprint density at radius 3 is 2.69 bits per heavy atom. The lowest BCUT2D eigenvalue weighted by Crippen LogP contribution is -2.28. The molecule has 3 amide bonds. The third kappa shape index (κ3) is 6.27. The molecule has 1 aromatic heterocycles. The first-order valence-electron chi connectivity index (χ1n) is 10.0. The van der Waals surface area contributed by atoms with Crippen LogP contribution in [0.25, 0.3) is 0 Å². The van der Waals surface area contributed by atoms with Gasteiger partial charge in [-0.3, -0.25) is 10.1 Å². The number of ether oxygens (including phenoxy) is 1. The van der Waals surface area contributed by atoms with E-state index in [1.54, 1.807) is 24.6 Å². The van der Waals surface area contributed by atoms with Gasteiger partial charge in [-0.15, -0.1) is 11.3 Å². The molecule has 168 valence electrons. The summed E-state index contributed by atoms with van der Waals surface area (Å²) in [5.41, 5.74) is 3.16. The molecule has 3 N–H and O–H groups in total. The molecular weight excluding hydrogens is 431 g/mol. The molecule has 1 atom stereocenters. The van der Waals surface area contributed by atoms with Crippen molar-refractivity contribution in [1.29, 1.82) is 0 Å². The first kappa shape index (κ1) is 23.2. The van der Waals surface area contributed by atoms with Gasteiger partial charge in [-0.1, -0.05) is 24.3 Å². The van der Waals surface area contributed by atoms with E-state index in [-0.39, 0.29) is 30.7 Å². The normalized spacial score (nSPS) is 11.5. The molecule has 0 fully saturated rings. The second-order valence-corrected chi connectivity index (χ2v) is 8.11. The molecule has 0 spiro atoms. The number of hydrogen-bond acceptors (Lipinski definition) is 5. The molecule has 0 saturated heterocycles. The highest BCUT2D eigenvalue weighted by Crippen LogP contribution is 2.24. The molecule has 0 bridgehead atoms. The van der Waals surface area contributed by atoms with E-state index in [1.807, 2.05) is 32.0 Å². The molecule has 3 aromatic rings. The second kappa shape index (κ2) is 10.7. The van der Waals surface area contributed by atoms with E-state index >= 15 is 0 Å². The molecule has 0 aliphatic rings. The molecule has 0 radical (unpaired) electrons. The van der Waals surface area contributed by atoms with Gasteiger partial charge in [-0.2, -0.15) is 0 Å². The van der Waals surface area contributed by atoms with Gasteiger partial charge in [0, 0.05) is 11.9 Å². The molecular formula is C23H25FN4O3S. The minimum Gasteiger partial charge on any atom is -0.496 e. The van der Waals surface area contributed by atoms with Crippen LogP contribution in [0.1, 0.15) is 35.2 Å². The molecule has 0 aliphatic carbocycles. The van der Waals surface area contributed by atoms with Gasteiger partial charge in [0.1, 0.15) is 11.6 Å². The van der Waals surface area contributed by atoms with Gasteiger partial charge in [0.05, 0.1) is 25.3 Å². The van der Waals surface area contributed by atoms with Gasteiger partial charge >= 0.3 is 6.03 Å². The van der Waals surface area contributed by atoms with Crippen LogP contribution >= 0.6 is 11.3 Å². The van der Waals surface area contributed by atoms with Crippen molar-refractivity contribution < 1.29 is 18.7 Å². The monoisotopic (exact) mass is 456 g/mol. The van der Waals surface area contributed by atoms with Crippen molar-refractivity contribution in [3.8, 4) is 5.75 Å². The van der Waals surface area contributed by atoms with Crippen LogP contribution in [0, 0.1) is 12.7 Å². The predicted octanol–water partition coefficient (Wildman–Crippen LogP) is 4.34. The lowest BCUT2D eigenvalue weighted by atomic mass is 9.98. The third-order valence-corrected chi connectivity index (χ3v) is 5.68. The Kier molecular flexibility index (Phi) is 7.77. The van der Waals surface area contributed by atoms with E-state index < -0.39 is 6.03 Å². The molecule has 7 nitrogen and oxygen atoms in total. The number of methoxy groups -OCH3 is 1. The number of carbonyl (C=O) groups is 2. The molecule has 1 heterocycles. The number of rotatable bonds is 8. The van der Waals surface area contributed by atoms with E-state index in [4.69, 9.17) is 4.74 Å². The van der Waals surface area contributed by atoms with Crippen LogP contribution in [-0.2, 0) is 17.9 Å². The fourth-order valence-electron chi connectivity index (χ4n) is 3.07. The van der Waals surface area contributed by atoms with E-state index in [0.29, 0.717) is 16.4 Å². The molecule has 32 heavy (non-hydrogen) atoms. The predicted molar refractivity (Wildman–Crippen MR) is 122 cm³/mol. The largest absolute Gasteiger partial charge is 0.496 e. The number of amides is 3. The highest BCUT2D eigenvalue weighted by atomic mass is 32.1. The maximum atomic E-state index is 13.2. The van der Waals surface area contributed by atoms with Gasteiger partial charge in [0.2, 0.25) is 5.91 Å². The standard InChI is InChI=1S/C23H25FN4O3S/c1-14-9-17(7-8-20(14)31-3)15(2)21(29)25-12-19-13-32-23(27-19)28-22(30)26-11-16-5-4-6-18(24)10-16/h4-10,13,15H,11-12H2,1-3H3,(H,25,29)(H2,26,27,28,30). The number of aryl methyl sites for hydroxylation is 1. The Hall–Kier alpha value is -3.46. The Morgan fingerprint density at radius 2 is 1.97 bits per heavy atom. The topological polar surface area (TPSA) is 92.4 Å². The number of anilines is 1. The van der Waals surface area contributed by atoms with Crippen LogP contribution in [0.5, 0.6) is 5.75 Å². The zero-order chi connectivity index (χ0) is 23.1. The van der Waals surface area contributed by atoms with Gasteiger partial charge in [0.25, 0.3) is 0 Å². The van der Waals surface area contributed by atoms with Crippen LogP contribution in [0.4, 0.5) is 14.3 Å². The van der Waals surface area contributed by atoms with Crippen LogP contribution in [0.3, 0.4) is 0 Å². The van der Waals surface area contributed by atoms with Crippen LogP contribution < -0.4 is 20.7 Å². The minimum absolute atomic E-state index is 0.120. The van der Waals surface area contributed by atoms with E-state index in [2.05, 4.69) is 20.9 Å². The van der Waals surface area contributed by atoms with Crippen LogP contribution in [0.15, 0.2) is 47.8 Å². The number of nitrogens with zero attached hydrogens (tertiary/aromatic N) is 1. The minimum atomic E-state index is -0.442.